The third-order valence-electron chi connectivity index (χ3n) is 3.83. The number of rotatable bonds is 8. The van der Waals surface area contributed by atoms with Crippen molar-refractivity contribution in [2.75, 3.05) is 6.61 Å². The van der Waals surface area contributed by atoms with E-state index in [1.807, 2.05) is 43.3 Å². The molecule has 122 valence electrons. The van der Waals surface area contributed by atoms with E-state index in [0.29, 0.717) is 13.0 Å². The van der Waals surface area contributed by atoms with Crippen LogP contribution in [0.15, 0.2) is 53.0 Å². The molecule has 0 saturated heterocycles. The summed E-state index contributed by atoms with van der Waals surface area (Å²) in [7, 11) is 0. The average molecular weight is 396 g/mol. The number of aldehydes is 1. The molecule has 2 aromatic rings. The molecule has 2 atom stereocenters. The van der Waals surface area contributed by atoms with Crippen LogP contribution in [0.2, 0.25) is 5.02 Å². The molecule has 0 spiro atoms. The maximum Gasteiger partial charge on any atom is 0.122 e. The van der Waals surface area contributed by atoms with E-state index >= 15 is 0 Å². The fourth-order valence-electron chi connectivity index (χ4n) is 2.71. The van der Waals surface area contributed by atoms with Crippen LogP contribution in [-0.4, -0.2) is 19.0 Å². The van der Waals surface area contributed by atoms with Crippen molar-refractivity contribution in [3.05, 3.63) is 69.2 Å². The first kappa shape index (κ1) is 18.2. The van der Waals surface area contributed by atoms with Crippen LogP contribution < -0.4 is 0 Å². The van der Waals surface area contributed by atoms with Crippen molar-refractivity contribution in [1.29, 1.82) is 0 Å². The molecule has 0 radical (unpaired) electrons. The number of hydrogen-bond donors (Lipinski definition) is 0. The summed E-state index contributed by atoms with van der Waals surface area (Å²) in [6, 6.07) is 16.1. The van der Waals surface area contributed by atoms with Gasteiger partial charge in [-0.15, -0.1) is 0 Å². The fourth-order valence-corrected chi connectivity index (χ4v) is 3.10. The molecule has 0 N–H and O–H groups in total. The van der Waals surface area contributed by atoms with E-state index in [1.54, 1.807) is 0 Å². The molecule has 0 aliphatic heterocycles. The first-order valence-corrected chi connectivity index (χ1v) is 8.86. The highest BCUT2D eigenvalue weighted by Crippen LogP contribution is 2.29. The van der Waals surface area contributed by atoms with Gasteiger partial charge < -0.3 is 9.53 Å². The Hall–Kier alpha value is -1.16. The smallest absolute Gasteiger partial charge is 0.122 e. The lowest BCUT2D eigenvalue weighted by atomic mass is 9.86. The van der Waals surface area contributed by atoms with E-state index in [9.17, 15) is 4.79 Å². The van der Waals surface area contributed by atoms with Gasteiger partial charge in [-0.3, -0.25) is 0 Å². The van der Waals surface area contributed by atoms with Gasteiger partial charge in [-0.25, -0.2) is 0 Å². The average Bonchev–Trinajstić information content (AvgIpc) is 2.55. The molecule has 0 heterocycles. The highest BCUT2D eigenvalue weighted by atomic mass is 79.9. The number of halogens is 2. The predicted octanol–water partition coefficient (Wildman–Crippen LogP) is 5.42. The molecule has 2 nitrogen and oxygen atoms in total. The topological polar surface area (TPSA) is 26.3 Å². The molecule has 0 saturated carbocycles. The SMILES string of the molecule is CCOC(CC=O)[C@H](Cc1ccc(Cl)cc1)c1ccc(Br)cc1. The largest absolute Gasteiger partial charge is 0.377 e. The minimum atomic E-state index is -0.130. The normalized spacial score (nSPS) is 13.5. The number of carbonyl (C=O) groups excluding carboxylic acids is 1. The monoisotopic (exact) mass is 394 g/mol. The number of carbonyl (C=O) groups is 1. The fraction of sp³-hybridized carbons (Fsp3) is 0.316. The van der Waals surface area contributed by atoms with Crippen LogP contribution in [-0.2, 0) is 16.0 Å². The van der Waals surface area contributed by atoms with Gasteiger partial charge in [0.05, 0.1) is 6.10 Å². The lowest BCUT2D eigenvalue weighted by Crippen LogP contribution is -2.25. The Labute approximate surface area is 150 Å². The van der Waals surface area contributed by atoms with E-state index in [1.165, 1.54) is 11.1 Å². The van der Waals surface area contributed by atoms with Gasteiger partial charge in [-0.1, -0.05) is 51.8 Å². The first-order chi connectivity index (χ1) is 11.1. The Morgan fingerprint density at radius 3 is 2.35 bits per heavy atom. The van der Waals surface area contributed by atoms with Crippen molar-refractivity contribution in [3.8, 4) is 0 Å². The maximum atomic E-state index is 11.1. The number of hydrogen-bond acceptors (Lipinski definition) is 2. The van der Waals surface area contributed by atoms with Gasteiger partial charge in [-0.05, 0) is 48.7 Å². The van der Waals surface area contributed by atoms with E-state index < -0.39 is 0 Å². The first-order valence-electron chi connectivity index (χ1n) is 7.69. The van der Waals surface area contributed by atoms with Gasteiger partial charge in [0.2, 0.25) is 0 Å². The lowest BCUT2D eigenvalue weighted by Gasteiger charge is -2.26. The van der Waals surface area contributed by atoms with Crippen molar-refractivity contribution in [1.82, 2.24) is 0 Å². The molecular formula is C19H20BrClO2. The third kappa shape index (κ3) is 5.45. The van der Waals surface area contributed by atoms with Crippen LogP contribution in [0.1, 0.15) is 30.4 Å². The Bertz CT molecular complexity index is 610. The Balaban J connectivity index is 2.30. The summed E-state index contributed by atoms with van der Waals surface area (Å²) in [5.74, 6) is 0.120. The highest BCUT2D eigenvalue weighted by molar-refractivity contribution is 9.10. The van der Waals surface area contributed by atoms with Crippen LogP contribution in [0.4, 0.5) is 0 Å². The molecule has 0 fully saturated rings. The lowest BCUT2D eigenvalue weighted by molar-refractivity contribution is -0.110. The van der Waals surface area contributed by atoms with E-state index in [0.717, 1.165) is 22.2 Å². The zero-order valence-corrected chi connectivity index (χ0v) is 15.4. The Morgan fingerprint density at radius 1 is 1.13 bits per heavy atom. The van der Waals surface area contributed by atoms with Crippen LogP contribution in [0.5, 0.6) is 0 Å². The summed E-state index contributed by atoms with van der Waals surface area (Å²) in [5.41, 5.74) is 2.35. The standard InChI is InChI=1S/C19H20BrClO2/c1-2-23-19(11-12-22)18(15-5-7-16(20)8-6-15)13-14-3-9-17(21)10-4-14/h3-10,12,18-19H,2,11,13H2,1H3/t18-,19?/m1/s1. The van der Waals surface area contributed by atoms with Crippen LogP contribution in [0.25, 0.3) is 0 Å². The molecule has 1 unspecified atom stereocenters. The molecule has 23 heavy (non-hydrogen) atoms. The summed E-state index contributed by atoms with van der Waals surface area (Å²) >= 11 is 9.43. The number of ether oxygens (including phenoxy) is 1. The Kier molecular flexibility index (Phi) is 7.28. The summed E-state index contributed by atoms with van der Waals surface area (Å²) < 4.78 is 6.89. The van der Waals surface area contributed by atoms with E-state index in [2.05, 4.69) is 28.1 Å². The van der Waals surface area contributed by atoms with E-state index in [-0.39, 0.29) is 12.0 Å². The summed E-state index contributed by atoms with van der Waals surface area (Å²) in [5, 5.41) is 0.725. The number of benzene rings is 2. The molecule has 0 amide bonds. The molecule has 0 aliphatic rings. The summed E-state index contributed by atoms with van der Waals surface area (Å²) in [6.07, 6.45) is 2.00. The van der Waals surface area contributed by atoms with Crippen LogP contribution in [0.3, 0.4) is 0 Å². The van der Waals surface area contributed by atoms with Crippen molar-refractivity contribution < 1.29 is 9.53 Å². The van der Waals surface area contributed by atoms with Crippen molar-refractivity contribution >= 4 is 33.8 Å². The highest BCUT2D eigenvalue weighted by Gasteiger charge is 2.24. The minimum absolute atomic E-state index is 0.120. The second-order valence-corrected chi connectivity index (χ2v) is 6.74. The van der Waals surface area contributed by atoms with Crippen molar-refractivity contribution in [2.24, 2.45) is 0 Å². The molecule has 0 aromatic heterocycles. The third-order valence-corrected chi connectivity index (χ3v) is 4.61. The van der Waals surface area contributed by atoms with Gasteiger partial charge in [0.1, 0.15) is 6.29 Å². The molecule has 0 bridgehead atoms. The quantitative estimate of drug-likeness (QED) is 0.558. The second-order valence-electron chi connectivity index (χ2n) is 5.38. The van der Waals surface area contributed by atoms with Gasteiger partial charge in [0.15, 0.2) is 0 Å². The van der Waals surface area contributed by atoms with Gasteiger partial charge in [0.25, 0.3) is 0 Å². The second kappa shape index (κ2) is 9.21. The minimum Gasteiger partial charge on any atom is -0.377 e. The zero-order valence-electron chi connectivity index (χ0n) is 13.0. The van der Waals surface area contributed by atoms with Gasteiger partial charge in [-0.2, -0.15) is 0 Å². The maximum absolute atomic E-state index is 11.1. The van der Waals surface area contributed by atoms with Crippen molar-refractivity contribution in [2.45, 2.75) is 31.8 Å². The summed E-state index contributed by atoms with van der Waals surface area (Å²) in [6.45, 7) is 2.55. The Morgan fingerprint density at radius 2 is 1.78 bits per heavy atom. The molecule has 4 heteroatoms. The molecule has 2 aromatic carbocycles. The zero-order chi connectivity index (χ0) is 16.7. The van der Waals surface area contributed by atoms with Crippen LogP contribution >= 0.6 is 27.5 Å². The predicted molar refractivity (Wildman–Crippen MR) is 98.1 cm³/mol. The van der Waals surface area contributed by atoms with Crippen molar-refractivity contribution in [3.63, 3.8) is 0 Å². The van der Waals surface area contributed by atoms with Gasteiger partial charge in [0, 0.05) is 28.4 Å². The summed E-state index contributed by atoms with van der Waals surface area (Å²) in [4.78, 5) is 11.1. The molecule has 2 rings (SSSR count). The van der Waals surface area contributed by atoms with Gasteiger partial charge >= 0.3 is 0 Å². The van der Waals surface area contributed by atoms with Crippen LogP contribution in [0, 0.1) is 0 Å². The molecular weight excluding hydrogens is 376 g/mol. The van der Waals surface area contributed by atoms with E-state index in [4.69, 9.17) is 16.3 Å². The molecule has 0 aliphatic carbocycles.